The lowest BCUT2D eigenvalue weighted by molar-refractivity contribution is 0.0696. The van der Waals surface area contributed by atoms with Crippen LogP contribution >= 0.6 is 0 Å². The van der Waals surface area contributed by atoms with E-state index >= 15 is 0 Å². The van der Waals surface area contributed by atoms with Crippen molar-refractivity contribution in [2.75, 3.05) is 4.90 Å². The normalized spacial score (nSPS) is 13.2. The zero-order chi connectivity index (χ0) is 21.0. The Bertz CT molecular complexity index is 1390. The first-order valence-corrected chi connectivity index (χ1v) is 9.16. The van der Waals surface area contributed by atoms with Gasteiger partial charge in [0.25, 0.3) is 11.8 Å². The molecule has 0 radical (unpaired) electrons. The van der Waals surface area contributed by atoms with Crippen molar-refractivity contribution >= 4 is 34.6 Å². The summed E-state index contributed by atoms with van der Waals surface area (Å²) < 4.78 is 5.85. The van der Waals surface area contributed by atoms with Gasteiger partial charge in [0.2, 0.25) is 5.89 Å². The van der Waals surface area contributed by atoms with Crippen LogP contribution in [0.25, 0.3) is 22.6 Å². The number of nitrogens with zero attached hydrogens (tertiary/aromatic N) is 2. The van der Waals surface area contributed by atoms with E-state index in [0.29, 0.717) is 28.2 Å². The maximum Gasteiger partial charge on any atom is 0.335 e. The summed E-state index contributed by atoms with van der Waals surface area (Å²) in [5, 5.41) is 9.16. The van der Waals surface area contributed by atoms with E-state index in [0.717, 1.165) is 10.5 Å². The molecule has 1 N–H and O–H groups in total. The fourth-order valence-electron chi connectivity index (χ4n) is 3.54. The summed E-state index contributed by atoms with van der Waals surface area (Å²) >= 11 is 0. The molecule has 0 saturated heterocycles. The lowest BCUT2D eigenvalue weighted by Crippen LogP contribution is -2.29. The first-order valence-electron chi connectivity index (χ1n) is 9.16. The average Bonchev–Trinajstić information content (AvgIpc) is 3.26. The monoisotopic (exact) mass is 398 g/mol. The number of rotatable bonds is 3. The predicted octanol–water partition coefficient (Wildman–Crippen LogP) is 4.30. The van der Waals surface area contributed by atoms with Crippen molar-refractivity contribution in [1.29, 1.82) is 0 Å². The van der Waals surface area contributed by atoms with E-state index < -0.39 is 17.8 Å². The second-order valence-electron chi connectivity index (χ2n) is 7.05. The highest BCUT2D eigenvalue weighted by Gasteiger charge is 2.37. The second kappa shape index (κ2) is 6.38. The molecule has 0 bridgehead atoms. The molecule has 4 aromatic rings. The fraction of sp³-hybridized carbons (Fsp3) is 0.0435. The summed E-state index contributed by atoms with van der Waals surface area (Å²) in [6.07, 6.45) is 0. The van der Waals surface area contributed by atoms with Crippen molar-refractivity contribution in [2.24, 2.45) is 0 Å². The summed E-state index contributed by atoms with van der Waals surface area (Å²) in [5.74, 6) is -1.85. The summed E-state index contributed by atoms with van der Waals surface area (Å²) in [4.78, 5) is 42.4. The van der Waals surface area contributed by atoms with E-state index in [9.17, 15) is 14.4 Å². The number of benzene rings is 3. The van der Waals surface area contributed by atoms with Crippen LogP contribution in [0.5, 0.6) is 0 Å². The number of carboxylic acid groups (broad SMARTS) is 1. The molecule has 1 aliphatic rings. The predicted molar refractivity (Wildman–Crippen MR) is 109 cm³/mol. The number of oxazole rings is 1. The summed E-state index contributed by atoms with van der Waals surface area (Å²) in [7, 11) is 0. The van der Waals surface area contributed by atoms with Gasteiger partial charge in [-0.15, -0.1) is 0 Å². The van der Waals surface area contributed by atoms with Gasteiger partial charge < -0.3 is 9.52 Å². The number of carbonyl (C=O) groups is 3. The van der Waals surface area contributed by atoms with Gasteiger partial charge in [-0.2, -0.15) is 0 Å². The van der Waals surface area contributed by atoms with Gasteiger partial charge in [0.05, 0.1) is 22.4 Å². The smallest absolute Gasteiger partial charge is 0.335 e. The number of carboxylic acids is 1. The molecule has 0 saturated carbocycles. The Kier molecular flexibility index (Phi) is 3.79. The first kappa shape index (κ1) is 17.8. The van der Waals surface area contributed by atoms with Crippen LogP contribution in [-0.4, -0.2) is 27.9 Å². The number of aryl methyl sites for hydroxylation is 1. The van der Waals surface area contributed by atoms with Gasteiger partial charge >= 0.3 is 5.97 Å². The second-order valence-corrected chi connectivity index (χ2v) is 7.05. The Morgan fingerprint density at radius 2 is 1.77 bits per heavy atom. The van der Waals surface area contributed by atoms with Gasteiger partial charge in [-0.05, 0) is 61.0 Å². The van der Waals surface area contributed by atoms with Gasteiger partial charge in [-0.1, -0.05) is 12.1 Å². The standard InChI is InChI=1S/C23H14N2O5/c1-12-5-8-18-19(9-12)30-20(24-18)13-3-2-4-15(10-13)25-21(26)16-7-6-14(23(28)29)11-17(16)22(25)27/h2-11H,1H3,(H,28,29). The number of amides is 2. The van der Waals surface area contributed by atoms with E-state index in [2.05, 4.69) is 4.98 Å². The van der Waals surface area contributed by atoms with Crippen LogP contribution < -0.4 is 4.90 Å². The molecule has 5 rings (SSSR count). The molecule has 0 spiro atoms. The van der Waals surface area contributed by atoms with E-state index in [1.54, 1.807) is 24.3 Å². The Morgan fingerprint density at radius 1 is 0.967 bits per heavy atom. The van der Waals surface area contributed by atoms with Crippen molar-refractivity contribution in [3.63, 3.8) is 0 Å². The van der Waals surface area contributed by atoms with Crippen LogP contribution in [0, 0.1) is 6.92 Å². The van der Waals surface area contributed by atoms with Crippen LogP contribution in [-0.2, 0) is 0 Å². The largest absolute Gasteiger partial charge is 0.478 e. The Balaban J connectivity index is 1.55. The minimum atomic E-state index is -1.16. The lowest BCUT2D eigenvalue weighted by atomic mass is 10.1. The van der Waals surface area contributed by atoms with E-state index in [4.69, 9.17) is 9.52 Å². The fourth-order valence-corrected chi connectivity index (χ4v) is 3.54. The molecule has 7 heteroatoms. The average molecular weight is 398 g/mol. The minimum absolute atomic E-state index is 0.0488. The van der Waals surface area contributed by atoms with Crippen LogP contribution in [0.2, 0.25) is 0 Å². The van der Waals surface area contributed by atoms with Gasteiger partial charge in [0.15, 0.2) is 5.58 Å². The third kappa shape index (κ3) is 2.68. The quantitative estimate of drug-likeness (QED) is 0.516. The van der Waals surface area contributed by atoms with Gasteiger partial charge in [-0.3, -0.25) is 9.59 Å². The minimum Gasteiger partial charge on any atom is -0.478 e. The molecular weight excluding hydrogens is 384 g/mol. The number of carbonyl (C=O) groups excluding carboxylic acids is 2. The van der Waals surface area contributed by atoms with E-state index in [1.807, 2.05) is 25.1 Å². The molecule has 0 atom stereocenters. The third-order valence-electron chi connectivity index (χ3n) is 5.03. The van der Waals surface area contributed by atoms with Gasteiger partial charge in [0, 0.05) is 5.56 Å². The molecule has 1 aliphatic heterocycles. The topological polar surface area (TPSA) is 101 Å². The molecule has 2 amide bonds. The summed E-state index contributed by atoms with van der Waals surface area (Å²) in [5.41, 5.74) is 3.58. The molecular formula is C23H14N2O5. The van der Waals surface area contributed by atoms with Crippen LogP contribution in [0.3, 0.4) is 0 Å². The highest BCUT2D eigenvalue weighted by atomic mass is 16.4. The Labute approximate surface area is 170 Å². The van der Waals surface area contributed by atoms with E-state index in [-0.39, 0.29) is 16.7 Å². The molecule has 3 aromatic carbocycles. The van der Waals surface area contributed by atoms with Crippen LogP contribution in [0.15, 0.2) is 65.1 Å². The maximum absolute atomic E-state index is 12.9. The number of imide groups is 1. The van der Waals surface area contributed by atoms with Crippen molar-refractivity contribution in [3.8, 4) is 11.5 Å². The highest BCUT2D eigenvalue weighted by molar-refractivity contribution is 6.34. The van der Waals surface area contributed by atoms with E-state index in [1.165, 1.54) is 18.2 Å². The number of fused-ring (bicyclic) bond motifs is 2. The number of hydrogen-bond acceptors (Lipinski definition) is 5. The van der Waals surface area contributed by atoms with Gasteiger partial charge in [0.1, 0.15) is 5.52 Å². The zero-order valence-electron chi connectivity index (χ0n) is 15.7. The highest BCUT2D eigenvalue weighted by Crippen LogP contribution is 2.32. The summed E-state index contributed by atoms with van der Waals surface area (Å²) in [6, 6.07) is 16.4. The van der Waals surface area contributed by atoms with Crippen molar-refractivity contribution in [1.82, 2.24) is 4.98 Å². The summed E-state index contributed by atoms with van der Waals surface area (Å²) in [6.45, 7) is 1.96. The lowest BCUT2D eigenvalue weighted by Gasteiger charge is -2.14. The van der Waals surface area contributed by atoms with Crippen LogP contribution in [0.1, 0.15) is 36.6 Å². The number of aromatic carboxylic acids is 1. The molecule has 0 fully saturated rings. The number of hydrogen-bond donors (Lipinski definition) is 1. The van der Waals surface area contributed by atoms with Gasteiger partial charge in [-0.25, -0.2) is 14.7 Å². The van der Waals surface area contributed by atoms with Crippen molar-refractivity contribution in [3.05, 3.63) is 82.9 Å². The number of anilines is 1. The van der Waals surface area contributed by atoms with Crippen molar-refractivity contribution < 1.29 is 23.9 Å². The third-order valence-corrected chi connectivity index (χ3v) is 5.03. The molecule has 1 aromatic heterocycles. The molecule has 146 valence electrons. The molecule has 0 aliphatic carbocycles. The Hall–Kier alpha value is -4.26. The zero-order valence-corrected chi connectivity index (χ0v) is 15.7. The first-order chi connectivity index (χ1) is 14.4. The van der Waals surface area contributed by atoms with Crippen LogP contribution in [0.4, 0.5) is 5.69 Å². The molecule has 7 nitrogen and oxygen atoms in total. The van der Waals surface area contributed by atoms with Crippen molar-refractivity contribution in [2.45, 2.75) is 6.92 Å². The maximum atomic E-state index is 12.9. The number of aromatic nitrogens is 1. The SMILES string of the molecule is Cc1ccc2nc(-c3cccc(N4C(=O)c5ccc(C(=O)O)cc5C4=O)c3)oc2c1. The molecule has 30 heavy (non-hydrogen) atoms. The molecule has 0 unspecified atom stereocenters. The Morgan fingerprint density at radius 3 is 2.57 bits per heavy atom. The molecule has 2 heterocycles.